The second kappa shape index (κ2) is 7.87. The van der Waals surface area contributed by atoms with E-state index >= 15 is 0 Å². The number of alkyl halides is 2. The molecule has 134 valence electrons. The van der Waals surface area contributed by atoms with Crippen molar-refractivity contribution in [2.75, 3.05) is 0 Å². The molecule has 3 rings (SSSR count). The van der Waals surface area contributed by atoms with Crippen LogP contribution in [0.1, 0.15) is 11.3 Å². The Morgan fingerprint density at radius 3 is 2.81 bits per heavy atom. The molecule has 0 aliphatic heterocycles. The SMILES string of the molecule is O=C(C=Cc1ccc(OC(F)F)cc1)OCc1cc(=O)n2ccsc2n1. The predicted octanol–water partition coefficient (Wildman–Crippen LogP) is 3.11. The second-order valence-corrected chi connectivity index (χ2v) is 5.90. The number of hydrogen-bond acceptors (Lipinski definition) is 6. The third-order valence-electron chi connectivity index (χ3n) is 3.24. The highest BCUT2D eigenvalue weighted by Crippen LogP contribution is 2.15. The van der Waals surface area contributed by atoms with Crippen LogP contribution in [0, 0.1) is 0 Å². The number of nitrogens with zero attached hydrogens (tertiary/aromatic N) is 2. The van der Waals surface area contributed by atoms with Crippen molar-refractivity contribution in [3.63, 3.8) is 0 Å². The summed E-state index contributed by atoms with van der Waals surface area (Å²) in [5, 5.41) is 1.74. The number of benzene rings is 1. The molecule has 2 aromatic heterocycles. The fourth-order valence-electron chi connectivity index (χ4n) is 2.08. The first-order valence-corrected chi connectivity index (χ1v) is 8.25. The average molecular weight is 378 g/mol. The fourth-order valence-corrected chi connectivity index (χ4v) is 2.82. The molecule has 26 heavy (non-hydrogen) atoms. The van der Waals surface area contributed by atoms with Gasteiger partial charge in [0.15, 0.2) is 4.96 Å². The average Bonchev–Trinajstić information content (AvgIpc) is 3.08. The topological polar surface area (TPSA) is 69.9 Å². The standard InChI is InChI=1S/C17H12F2N2O4S/c18-16(19)25-13-4-1-11(2-5-13)3-6-15(23)24-10-12-9-14(22)21-7-8-26-17(21)20-12/h1-9,16H,10H2. The number of aromatic nitrogens is 2. The molecule has 3 aromatic rings. The van der Waals surface area contributed by atoms with Crippen molar-refractivity contribution in [3.05, 3.63) is 69.6 Å². The predicted molar refractivity (Wildman–Crippen MR) is 91.2 cm³/mol. The van der Waals surface area contributed by atoms with Gasteiger partial charge in [-0.3, -0.25) is 9.20 Å². The lowest BCUT2D eigenvalue weighted by Gasteiger charge is -2.04. The molecule has 1 aromatic carbocycles. The van der Waals surface area contributed by atoms with Gasteiger partial charge in [0, 0.05) is 23.7 Å². The Bertz CT molecular complexity index is 996. The Morgan fingerprint density at radius 2 is 2.08 bits per heavy atom. The van der Waals surface area contributed by atoms with Gasteiger partial charge in [0.25, 0.3) is 5.56 Å². The van der Waals surface area contributed by atoms with Crippen LogP contribution in [0.5, 0.6) is 5.75 Å². The maximum Gasteiger partial charge on any atom is 0.387 e. The Labute approximate surface area is 149 Å². The number of carbonyl (C=O) groups excluding carboxylic acids is 1. The summed E-state index contributed by atoms with van der Waals surface area (Å²) in [7, 11) is 0. The first-order chi connectivity index (χ1) is 12.5. The molecule has 0 fully saturated rings. The molecule has 9 heteroatoms. The molecule has 0 atom stereocenters. The maximum absolute atomic E-state index is 12.1. The Kier molecular flexibility index (Phi) is 5.37. The van der Waals surface area contributed by atoms with Gasteiger partial charge < -0.3 is 9.47 Å². The van der Waals surface area contributed by atoms with E-state index in [1.165, 1.54) is 58.2 Å². The van der Waals surface area contributed by atoms with Crippen molar-refractivity contribution in [3.8, 4) is 5.75 Å². The molecule has 6 nitrogen and oxygen atoms in total. The number of fused-ring (bicyclic) bond motifs is 1. The third kappa shape index (κ3) is 4.51. The summed E-state index contributed by atoms with van der Waals surface area (Å²) in [6.07, 6.45) is 4.28. The van der Waals surface area contributed by atoms with Gasteiger partial charge >= 0.3 is 12.6 Å². The molecule has 0 radical (unpaired) electrons. The van der Waals surface area contributed by atoms with Gasteiger partial charge in [-0.25, -0.2) is 9.78 Å². The summed E-state index contributed by atoms with van der Waals surface area (Å²) in [5.41, 5.74) is 0.719. The molecular formula is C17H12F2N2O4S. The van der Waals surface area contributed by atoms with E-state index in [4.69, 9.17) is 4.74 Å². The lowest BCUT2D eigenvalue weighted by atomic mass is 10.2. The van der Waals surface area contributed by atoms with Gasteiger partial charge in [-0.15, -0.1) is 11.3 Å². The zero-order valence-corrected chi connectivity index (χ0v) is 14.0. The van der Waals surface area contributed by atoms with E-state index < -0.39 is 12.6 Å². The maximum atomic E-state index is 12.1. The van der Waals surface area contributed by atoms with Gasteiger partial charge in [-0.05, 0) is 23.8 Å². The van der Waals surface area contributed by atoms with Crippen LogP contribution in [-0.2, 0) is 16.1 Å². The van der Waals surface area contributed by atoms with Crippen LogP contribution in [0.4, 0.5) is 8.78 Å². The lowest BCUT2D eigenvalue weighted by molar-refractivity contribution is -0.139. The van der Waals surface area contributed by atoms with E-state index in [9.17, 15) is 18.4 Å². The van der Waals surface area contributed by atoms with E-state index in [2.05, 4.69) is 9.72 Å². The van der Waals surface area contributed by atoms with E-state index in [-0.39, 0.29) is 17.9 Å². The number of rotatable bonds is 6. The van der Waals surface area contributed by atoms with Gasteiger partial charge in [0.05, 0.1) is 5.69 Å². The monoisotopic (exact) mass is 378 g/mol. The molecule has 0 amide bonds. The zero-order chi connectivity index (χ0) is 18.5. The highest BCUT2D eigenvalue weighted by atomic mass is 32.1. The van der Waals surface area contributed by atoms with Crippen molar-refractivity contribution in [1.82, 2.24) is 9.38 Å². The van der Waals surface area contributed by atoms with Gasteiger partial charge in [-0.1, -0.05) is 12.1 Å². The summed E-state index contributed by atoms with van der Waals surface area (Å²) >= 11 is 1.30. The highest BCUT2D eigenvalue weighted by Gasteiger charge is 2.06. The van der Waals surface area contributed by atoms with Crippen LogP contribution in [0.2, 0.25) is 0 Å². The number of carbonyl (C=O) groups is 1. The van der Waals surface area contributed by atoms with Crippen molar-refractivity contribution < 1.29 is 23.0 Å². The summed E-state index contributed by atoms with van der Waals surface area (Å²) in [5.74, 6) is -0.591. The lowest BCUT2D eigenvalue weighted by Crippen LogP contribution is -2.14. The first-order valence-electron chi connectivity index (χ1n) is 7.37. The van der Waals surface area contributed by atoms with Crippen LogP contribution in [0.15, 0.2) is 52.8 Å². The van der Waals surface area contributed by atoms with Crippen LogP contribution < -0.4 is 10.3 Å². The van der Waals surface area contributed by atoms with E-state index in [0.717, 1.165) is 0 Å². The molecule has 0 aliphatic carbocycles. The van der Waals surface area contributed by atoms with Crippen LogP contribution in [0.3, 0.4) is 0 Å². The molecule has 0 saturated carbocycles. The van der Waals surface area contributed by atoms with Gasteiger partial charge in [0.1, 0.15) is 12.4 Å². The highest BCUT2D eigenvalue weighted by molar-refractivity contribution is 7.15. The molecule has 0 saturated heterocycles. The molecule has 2 heterocycles. The van der Waals surface area contributed by atoms with Crippen molar-refractivity contribution in [1.29, 1.82) is 0 Å². The van der Waals surface area contributed by atoms with Gasteiger partial charge in [0.2, 0.25) is 0 Å². The van der Waals surface area contributed by atoms with Crippen molar-refractivity contribution >= 4 is 28.3 Å². The van der Waals surface area contributed by atoms with E-state index in [0.29, 0.717) is 16.2 Å². The summed E-state index contributed by atoms with van der Waals surface area (Å²) < 4.78 is 34.8. The zero-order valence-electron chi connectivity index (χ0n) is 13.2. The quantitative estimate of drug-likeness (QED) is 0.487. The minimum atomic E-state index is -2.89. The third-order valence-corrected chi connectivity index (χ3v) is 3.99. The van der Waals surface area contributed by atoms with E-state index in [1.54, 1.807) is 11.6 Å². The fraction of sp³-hybridized carbons (Fsp3) is 0.118. The molecule has 0 unspecified atom stereocenters. The van der Waals surface area contributed by atoms with Crippen LogP contribution in [-0.4, -0.2) is 22.0 Å². The number of esters is 1. The molecule has 0 aliphatic rings. The second-order valence-electron chi connectivity index (χ2n) is 5.03. The molecule has 0 spiro atoms. The minimum Gasteiger partial charge on any atom is -0.456 e. The summed E-state index contributed by atoms with van der Waals surface area (Å²) in [6.45, 7) is -3.02. The number of halogens is 2. The number of thiazole rings is 1. The van der Waals surface area contributed by atoms with Gasteiger partial charge in [-0.2, -0.15) is 8.78 Å². The van der Waals surface area contributed by atoms with Crippen LogP contribution in [0.25, 0.3) is 11.0 Å². The summed E-state index contributed by atoms with van der Waals surface area (Å²) in [6, 6.07) is 7.08. The number of ether oxygens (including phenoxy) is 2. The Morgan fingerprint density at radius 1 is 1.31 bits per heavy atom. The smallest absolute Gasteiger partial charge is 0.387 e. The largest absolute Gasteiger partial charge is 0.456 e. The Hall–Kier alpha value is -3.07. The van der Waals surface area contributed by atoms with Crippen molar-refractivity contribution in [2.24, 2.45) is 0 Å². The van der Waals surface area contributed by atoms with Crippen molar-refractivity contribution in [2.45, 2.75) is 13.2 Å². The molecule has 0 bridgehead atoms. The van der Waals surface area contributed by atoms with E-state index in [1.807, 2.05) is 0 Å². The summed E-state index contributed by atoms with van der Waals surface area (Å²) in [4.78, 5) is 28.3. The van der Waals surface area contributed by atoms with Crippen LogP contribution >= 0.6 is 11.3 Å². The minimum absolute atomic E-state index is 0.0288. The normalized spacial score (nSPS) is 11.3. The molecular weight excluding hydrogens is 366 g/mol. The first kappa shape index (κ1) is 17.7. The Balaban J connectivity index is 1.57. The number of hydrogen-bond donors (Lipinski definition) is 0. The molecule has 0 N–H and O–H groups in total.